The number of ether oxygens (including phenoxy) is 1. The number of non-ortho nitro benzene ring substituents is 1. The monoisotopic (exact) mass is 559 g/mol. The van der Waals surface area contributed by atoms with Gasteiger partial charge in [0.15, 0.2) is 0 Å². The third kappa shape index (κ3) is 12.2. The van der Waals surface area contributed by atoms with Crippen LogP contribution in [0, 0.1) is 21.4 Å². The number of hydrogen-bond acceptors (Lipinski definition) is 8. The molecule has 1 aromatic carbocycles. The summed E-state index contributed by atoms with van der Waals surface area (Å²) < 4.78 is 5.64. The first-order chi connectivity index (χ1) is 18.8. The second-order valence-corrected chi connectivity index (χ2v) is 14.0. The Labute approximate surface area is 242 Å². The van der Waals surface area contributed by atoms with E-state index in [1.165, 1.54) is 0 Å². The number of nitrogens with zero attached hydrogens (tertiary/aromatic N) is 5. The maximum absolute atomic E-state index is 12.7. The van der Waals surface area contributed by atoms with Crippen LogP contribution in [0.3, 0.4) is 0 Å². The fraction of sp³-hybridized carbons (Fsp3) is 0.774. The van der Waals surface area contributed by atoms with E-state index in [1.807, 2.05) is 32.9 Å². The Balaban J connectivity index is 1.79. The van der Waals surface area contributed by atoms with E-state index in [0.29, 0.717) is 12.5 Å². The second kappa shape index (κ2) is 14.7. The van der Waals surface area contributed by atoms with Crippen molar-refractivity contribution in [1.29, 1.82) is 0 Å². The van der Waals surface area contributed by atoms with E-state index in [0.717, 1.165) is 96.8 Å². The molecule has 3 unspecified atom stereocenters. The molecule has 2 aliphatic rings. The van der Waals surface area contributed by atoms with Gasteiger partial charge in [-0.05, 0) is 76.6 Å². The van der Waals surface area contributed by atoms with Gasteiger partial charge in [0.25, 0.3) is 5.69 Å². The fourth-order valence-corrected chi connectivity index (χ4v) is 5.96. The van der Waals surface area contributed by atoms with E-state index in [2.05, 4.69) is 40.4 Å². The molecule has 0 aliphatic carbocycles. The van der Waals surface area contributed by atoms with Crippen molar-refractivity contribution >= 4 is 11.7 Å². The smallest absolute Gasteiger partial charge is 0.320 e. The van der Waals surface area contributed by atoms with Gasteiger partial charge in [-0.3, -0.25) is 19.8 Å². The molecule has 9 heteroatoms. The van der Waals surface area contributed by atoms with Crippen molar-refractivity contribution in [2.75, 3.05) is 78.5 Å². The topological polar surface area (TPSA) is 82.4 Å². The van der Waals surface area contributed by atoms with Crippen LogP contribution in [0.5, 0.6) is 0 Å². The largest absolute Gasteiger partial charge is 0.459 e. The molecule has 0 saturated carbocycles. The zero-order valence-electron chi connectivity index (χ0n) is 25.9. The molecule has 3 atom stereocenters. The molecular weight excluding hydrogens is 506 g/mol. The Morgan fingerprint density at radius 3 is 1.93 bits per heavy atom. The van der Waals surface area contributed by atoms with Gasteiger partial charge in [0.05, 0.1) is 11.5 Å². The van der Waals surface area contributed by atoms with E-state index >= 15 is 0 Å². The van der Waals surface area contributed by atoms with E-state index in [-0.39, 0.29) is 22.0 Å². The summed E-state index contributed by atoms with van der Waals surface area (Å²) >= 11 is 0. The number of carbonyl (C=O) groups excluding carboxylic acids is 1. The zero-order valence-corrected chi connectivity index (χ0v) is 25.9. The van der Waals surface area contributed by atoms with Gasteiger partial charge >= 0.3 is 5.97 Å². The highest BCUT2D eigenvalue weighted by Crippen LogP contribution is 2.20. The van der Waals surface area contributed by atoms with Crippen LogP contribution in [0.1, 0.15) is 59.9 Å². The highest BCUT2D eigenvalue weighted by atomic mass is 16.6. The Kier molecular flexibility index (Phi) is 11.9. The van der Waals surface area contributed by atoms with Gasteiger partial charge in [-0.2, -0.15) is 0 Å². The highest BCUT2D eigenvalue weighted by Gasteiger charge is 2.25. The predicted molar refractivity (Wildman–Crippen MR) is 161 cm³/mol. The van der Waals surface area contributed by atoms with E-state index in [1.54, 1.807) is 12.1 Å². The molecule has 0 amide bonds. The molecule has 2 bridgehead atoms. The quantitative estimate of drug-likeness (QED) is 0.292. The fourth-order valence-electron chi connectivity index (χ4n) is 5.96. The van der Waals surface area contributed by atoms with E-state index in [9.17, 15) is 14.9 Å². The predicted octanol–water partition coefficient (Wildman–Crippen LogP) is 4.16. The maximum Gasteiger partial charge on any atom is 0.320 e. The summed E-state index contributed by atoms with van der Waals surface area (Å²) in [5.41, 5.74) is 1.08. The molecule has 40 heavy (non-hydrogen) atoms. The molecule has 2 fully saturated rings. The van der Waals surface area contributed by atoms with Crippen LogP contribution in [0.2, 0.25) is 0 Å². The Bertz CT molecular complexity index is 941. The standard InChI is InChI=1S/C31H53N5O4/c1-30(2,3)25-35-16-8-14-32-17-18-34(24-29(37)40-31(4,5)6)15-7-13-33(19-20-35)23-27(22-32)21-26-9-11-28(12-10-26)36(38)39/h9-12,27H,7-8,13-25H2,1-6H3. The molecule has 2 saturated heterocycles. The van der Waals surface area contributed by atoms with Crippen molar-refractivity contribution in [3.8, 4) is 0 Å². The first-order valence-electron chi connectivity index (χ1n) is 15.1. The van der Waals surface area contributed by atoms with Gasteiger partial charge < -0.3 is 19.4 Å². The lowest BCUT2D eigenvalue weighted by molar-refractivity contribution is -0.384. The number of rotatable bonds is 6. The van der Waals surface area contributed by atoms with Crippen molar-refractivity contribution in [3.05, 3.63) is 39.9 Å². The van der Waals surface area contributed by atoms with Crippen LogP contribution in [-0.4, -0.2) is 115 Å². The summed E-state index contributed by atoms with van der Waals surface area (Å²) in [4.78, 5) is 33.6. The average Bonchev–Trinajstić information content (AvgIpc) is 2.88. The van der Waals surface area contributed by atoms with Gasteiger partial charge in [0.1, 0.15) is 5.60 Å². The number of nitro benzene ring substituents is 1. The molecule has 0 N–H and O–H groups in total. The third-order valence-electron chi connectivity index (χ3n) is 7.54. The van der Waals surface area contributed by atoms with Crippen molar-refractivity contribution in [3.63, 3.8) is 0 Å². The summed E-state index contributed by atoms with van der Waals surface area (Å²) in [5, 5.41) is 11.2. The third-order valence-corrected chi connectivity index (χ3v) is 7.54. The van der Waals surface area contributed by atoms with Gasteiger partial charge in [0, 0.05) is 64.5 Å². The molecule has 9 nitrogen and oxygen atoms in total. The minimum Gasteiger partial charge on any atom is -0.459 e. The lowest BCUT2D eigenvalue weighted by Gasteiger charge is -2.33. The van der Waals surface area contributed by atoms with Crippen LogP contribution < -0.4 is 0 Å². The van der Waals surface area contributed by atoms with Crippen molar-refractivity contribution in [1.82, 2.24) is 19.6 Å². The number of nitro groups is 1. The SMILES string of the molecule is CC(C)(C)CN1CCCN2CCN(CC(=O)OC(C)(C)C)CCCN(CC1)CC(Cc1ccc([N+](=O)[O-])cc1)C2. The van der Waals surface area contributed by atoms with Gasteiger partial charge in [0.2, 0.25) is 0 Å². The summed E-state index contributed by atoms with van der Waals surface area (Å²) in [6.07, 6.45) is 3.02. The Hall–Kier alpha value is -2.07. The lowest BCUT2D eigenvalue weighted by atomic mass is 9.96. The number of carbonyl (C=O) groups is 1. The normalized spacial score (nSPS) is 24.7. The molecule has 3 rings (SSSR count). The number of hydrogen-bond donors (Lipinski definition) is 0. The number of esters is 1. The van der Waals surface area contributed by atoms with Gasteiger partial charge in [-0.15, -0.1) is 0 Å². The summed E-state index contributed by atoms with van der Waals surface area (Å²) in [6, 6.07) is 7.10. The van der Waals surface area contributed by atoms with Crippen molar-refractivity contribution in [2.45, 2.75) is 66.4 Å². The van der Waals surface area contributed by atoms with Crippen LogP contribution in [-0.2, 0) is 16.0 Å². The number of fused-ring (bicyclic) bond motifs is 4. The molecule has 226 valence electrons. The Morgan fingerprint density at radius 2 is 1.40 bits per heavy atom. The first-order valence-corrected chi connectivity index (χ1v) is 15.1. The number of benzene rings is 1. The molecule has 1 aromatic rings. The van der Waals surface area contributed by atoms with Crippen molar-refractivity contribution in [2.24, 2.45) is 11.3 Å². The maximum atomic E-state index is 12.7. The molecule has 2 heterocycles. The summed E-state index contributed by atoms with van der Waals surface area (Å²) in [6.45, 7) is 24.0. The summed E-state index contributed by atoms with van der Waals surface area (Å²) in [5.74, 6) is 0.272. The molecule has 0 aromatic heterocycles. The highest BCUT2D eigenvalue weighted by molar-refractivity contribution is 5.72. The minimum atomic E-state index is -0.477. The van der Waals surface area contributed by atoms with Crippen LogP contribution in [0.25, 0.3) is 0 Å². The van der Waals surface area contributed by atoms with Crippen LogP contribution in [0.4, 0.5) is 5.69 Å². The van der Waals surface area contributed by atoms with Crippen LogP contribution >= 0.6 is 0 Å². The van der Waals surface area contributed by atoms with Gasteiger partial charge in [-0.25, -0.2) is 0 Å². The minimum absolute atomic E-state index is 0.143. The molecular formula is C31H53N5O4. The lowest BCUT2D eigenvalue weighted by Crippen LogP contribution is -2.43. The van der Waals surface area contributed by atoms with Crippen molar-refractivity contribution < 1.29 is 14.5 Å². The Morgan fingerprint density at radius 1 is 0.850 bits per heavy atom. The zero-order chi connectivity index (χ0) is 29.3. The average molecular weight is 560 g/mol. The second-order valence-electron chi connectivity index (χ2n) is 14.0. The summed E-state index contributed by atoms with van der Waals surface area (Å²) in [7, 11) is 0. The van der Waals surface area contributed by atoms with E-state index in [4.69, 9.17) is 4.74 Å². The molecule has 2 aliphatic heterocycles. The first kappa shape index (κ1) is 32.4. The molecule has 0 radical (unpaired) electrons. The van der Waals surface area contributed by atoms with Crippen LogP contribution in [0.15, 0.2) is 24.3 Å². The van der Waals surface area contributed by atoms with E-state index < -0.39 is 5.60 Å². The van der Waals surface area contributed by atoms with Gasteiger partial charge in [-0.1, -0.05) is 32.9 Å². The molecule has 0 spiro atoms.